The largest absolute Gasteiger partial charge is 0.497 e. The predicted molar refractivity (Wildman–Crippen MR) is 60.3 cm³/mol. The Morgan fingerprint density at radius 2 is 2.06 bits per heavy atom. The van der Waals surface area contributed by atoms with E-state index in [2.05, 4.69) is 0 Å². The Morgan fingerprint density at radius 1 is 1.38 bits per heavy atom. The zero-order valence-corrected chi connectivity index (χ0v) is 9.40. The van der Waals surface area contributed by atoms with Crippen LogP contribution in [0.1, 0.15) is 18.0 Å². The lowest BCUT2D eigenvalue weighted by Crippen LogP contribution is -2.21. The molecule has 5 heteroatoms. The van der Waals surface area contributed by atoms with Gasteiger partial charge in [0.1, 0.15) is 11.5 Å². The molecular formula is C11H16N2O3. The second kappa shape index (κ2) is 5.37. The van der Waals surface area contributed by atoms with E-state index in [1.54, 1.807) is 25.3 Å². The molecule has 1 rings (SSSR count). The highest BCUT2D eigenvalue weighted by atomic mass is 16.5. The van der Waals surface area contributed by atoms with Gasteiger partial charge in [0, 0.05) is 24.1 Å². The topological polar surface area (TPSA) is 87.6 Å². The Bertz CT molecular complexity index is 379. The van der Waals surface area contributed by atoms with Gasteiger partial charge in [-0.1, -0.05) is 6.07 Å². The normalized spacial score (nSPS) is 11.9. The highest BCUT2D eigenvalue weighted by molar-refractivity contribution is 5.74. The maximum atomic E-state index is 10.8. The monoisotopic (exact) mass is 224 g/mol. The summed E-state index contributed by atoms with van der Waals surface area (Å²) in [6.45, 7) is 0. The van der Waals surface area contributed by atoms with E-state index in [9.17, 15) is 4.79 Å². The molecule has 5 nitrogen and oxygen atoms in total. The number of ether oxygens (including phenoxy) is 2. The molecule has 1 aromatic rings. The zero-order valence-electron chi connectivity index (χ0n) is 9.40. The van der Waals surface area contributed by atoms with Crippen molar-refractivity contribution >= 4 is 5.91 Å². The molecule has 0 aliphatic heterocycles. The van der Waals surface area contributed by atoms with E-state index in [-0.39, 0.29) is 6.42 Å². The number of rotatable bonds is 5. The lowest BCUT2D eigenvalue weighted by molar-refractivity contribution is -0.118. The van der Waals surface area contributed by atoms with Crippen LogP contribution < -0.4 is 20.9 Å². The molecule has 0 fully saturated rings. The average Bonchev–Trinajstić information content (AvgIpc) is 2.27. The second-order valence-corrected chi connectivity index (χ2v) is 3.38. The third kappa shape index (κ3) is 2.87. The van der Waals surface area contributed by atoms with Gasteiger partial charge in [-0.15, -0.1) is 0 Å². The first-order valence-corrected chi connectivity index (χ1v) is 4.84. The molecule has 0 heterocycles. The number of methoxy groups -OCH3 is 2. The molecule has 1 atom stereocenters. The van der Waals surface area contributed by atoms with Gasteiger partial charge < -0.3 is 20.9 Å². The number of hydrogen-bond donors (Lipinski definition) is 2. The summed E-state index contributed by atoms with van der Waals surface area (Å²) >= 11 is 0. The Hall–Kier alpha value is -1.75. The van der Waals surface area contributed by atoms with Crippen molar-refractivity contribution in [2.24, 2.45) is 11.5 Å². The fourth-order valence-electron chi connectivity index (χ4n) is 1.45. The van der Waals surface area contributed by atoms with E-state index in [4.69, 9.17) is 20.9 Å². The SMILES string of the molecule is COc1ccc([C@@H](N)CC(N)=O)c(OC)c1. The number of carbonyl (C=O) groups excluding carboxylic acids is 1. The van der Waals surface area contributed by atoms with Crippen LogP contribution in [-0.4, -0.2) is 20.1 Å². The number of primary amides is 1. The minimum Gasteiger partial charge on any atom is -0.497 e. The van der Waals surface area contributed by atoms with E-state index in [1.807, 2.05) is 0 Å². The molecule has 0 aromatic heterocycles. The molecule has 16 heavy (non-hydrogen) atoms. The quantitative estimate of drug-likeness (QED) is 0.765. The summed E-state index contributed by atoms with van der Waals surface area (Å²) in [7, 11) is 3.10. The maximum absolute atomic E-state index is 10.8. The molecule has 1 aromatic carbocycles. The van der Waals surface area contributed by atoms with Gasteiger partial charge in [-0.25, -0.2) is 0 Å². The van der Waals surface area contributed by atoms with E-state index >= 15 is 0 Å². The molecule has 4 N–H and O–H groups in total. The van der Waals surface area contributed by atoms with Crippen LogP contribution in [0.4, 0.5) is 0 Å². The van der Waals surface area contributed by atoms with Crippen LogP contribution >= 0.6 is 0 Å². The maximum Gasteiger partial charge on any atom is 0.219 e. The Balaban J connectivity index is 2.98. The lowest BCUT2D eigenvalue weighted by Gasteiger charge is -2.15. The van der Waals surface area contributed by atoms with Crippen molar-refractivity contribution in [1.82, 2.24) is 0 Å². The second-order valence-electron chi connectivity index (χ2n) is 3.38. The number of amides is 1. The van der Waals surface area contributed by atoms with E-state index in [1.165, 1.54) is 7.11 Å². The third-order valence-electron chi connectivity index (χ3n) is 2.26. The van der Waals surface area contributed by atoms with Crippen LogP contribution in [0.25, 0.3) is 0 Å². The van der Waals surface area contributed by atoms with Crippen LogP contribution in [-0.2, 0) is 4.79 Å². The van der Waals surface area contributed by atoms with E-state index in [0.717, 1.165) is 5.56 Å². The number of hydrogen-bond acceptors (Lipinski definition) is 4. The van der Waals surface area contributed by atoms with E-state index in [0.29, 0.717) is 11.5 Å². The van der Waals surface area contributed by atoms with E-state index < -0.39 is 11.9 Å². The molecule has 0 saturated heterocycles. The Kier molecular flexibility index (Phi) is 4.13. The molecule has 88 valence electrons. The third-order valence-corrected chi connectivity index (χ3v) is 2.26. The Morgan fingerprint density at radius 3 is 2.56 bits per heavy atom. The lowest BCUT2D eigenvalue weighted by atomic mass is 10.0. The summed E-state index contributed by atoms with van der Waals surface area (Å²) in [5.41, 5.74) is 11.7. The van der Waals surface area contributed by atoms with Crippen molar-refractivity contribution in [3.8, 4) is 11.5 Å². The van der Waals surface area contributed by atoms with Gasteiger partial charge in [0.2, 0.25) is 5.91 Å². The van der Waals surface area contributed by atoms with Crippen LogP contribution in [0.2, 0.25) is 0 Å². The van der Waals surface area contributed by atoms with Crippen LogP contribution in [0.5, 0.6) is 11.5 Å². The molecule has 0 aliphatic carbocycles. The van der Waals surface area contributed by atoms with Gasteiger partial charge in [-0.2, -0.15) is 0 Å². The summed E-state index contributed by atoms with van der Waals surface area (Å²) in [5.74, 6) is 0.824. The molecule has 0 unspecified atom stereocenters. The summed E-state index contributed by atoms with van der Waals surface area (Å²) in [5, 5.41) is 0. The minimum absolute atomic E-state index is 0.0860. The molecule has 0 spiro atoms. The van der Waals surface area contributed by atoms with Crippen molar-refractivity contribution in [2.45, 2.75) is 12.5 Å². The highest BCUT2D eigenvalue weighted by Crippen LogP contribution is 2.29. The molecule has 0 radical (unpaired) electrons. The van der Waals surface area contributed by atoms with Gasteiger partial charge >= 0.3 is 0 Å². The predicted octanol–water partition coefficient (Wildman–Crippen LogP) is 0.579. The molecule has 0 aliphatic rings. The van der Waals surface area contributed by atoms with Crippen molar-refractivity contribution < 1.29 is 14.3 Å². The average molecular weight is 224 g/mol. The van der Waals surface area contributed by atoms with Crippen LogP contribution in [0, 0.1) is 0 Å². The van der Waals surface area contributed by atoms with Gasteiger partial charge in [0.05, 0.1) is 14.2 Å². The fraction of sp³-hybridized carbons (Fsp3) is 0.364. The van der Waals surface area contributed by atoms with Gasteiger partial charge in [0.25, 0.3) is 0 Å². The standard InChI is InChI=1S/C11H16N2O3/c1-15-7-3-4-8(10(5-7)16-2)9(12)6-11(13)14/h3-5,9H,6,12H2,1-2H3,(H2,13,14)/t9-/m0/s1. The highest BCUT2D eigenvalue weighted by Gasteiger charge is 2.14. The molecule has 0 saturated carbocycles. The minimum atomic E-state index is -0.460. The summed E-state index contributed by atoms with van der Waals surface area (Å²) in [6.07, 6.45) is 0.0860. The van der Waals surface area contributed by atoms with Crippen molar-refractivity contribution in [3.05, 3.63) is 23.8 Å². The first-order chi connectivity index (χ1) is 7.58. The van der Waals surface area contributed by atoms with Crippen molar-refractivity contribution in [3.63, 3.8) is 0 Å². The fourth-order valence-corrected chi connectivity index (χ4v) is 1.45. The number of carbonyl (C=O) groups is 1. The van der Waals surface area contributed by atoms with Crippen molar-refractivity contribution in [1.29, 1.82) is 0 Å². The number of nitrogens with two attached hydrogens (primary N) is 2. The zero-order chi connectivity index (χ0) is 12.1. The Labute approximate surface area is 94.3 Å². The summed E-state index contributed by atoms with van der Waals surface area (Å²) < 4.78 is 10.2. The van der Waals surface area contributed by atoms with Crippen LogP contribution in [0.3, 0.4) is 0 Å². The van der Waals surface area contributed by atoms with Gasteiger partial charge in [-0.05, 0) is 6.07 Å². The first-order valence-electron chi connectivity index (χ1n) is 4.84. The smallest absolute Gasteiger partial charge is 0.219 e. The first kappa shape index (κ1) is 12.3. The summed E-state index contributed by atoms with van der Waals surface area (Å²) in [4.78, 5) is 10.8. The molecule has 1 amide bonds. The molecule has 0 bridgehead atoms. The van der Waals surface area contributed by atoms with Gasteiger partial charge in [-0.3, -0.25) is 4.79 Å². The van der Waals surface area contributed by atoms with Gasteiger partial charge in [0.15, 0.2) is 0 Å². The molecular weight excluding hydrogens is 208 g/mol. The van der Waals surface area contributed by atoms with Crippen molar-refractivity contribution in [2.75, 3.05) is 14.2 Å². The van der Waals surface area contributed by atoms with Crippen LogP contribution in [0.15, 0.2) is 18.2 Å². The summed E-state index contributed by atoms with van der Waals surface area (Å²) in [6, 6.07) is 4.79. The number of benzene rings is 1.